The third kappa shape index (κ3) is 11.5. The highest BCUT2D eigenvalue weighted by Crippen LogP contribution is 2.37. The zero-order valence-corrected chi connectivity index (χ0v) is 39.6. The summed E-state index contributed by atoms with van der Waals surface area (Å²) in [6.07, 6.45) is 1.79. The molecule has 8 rings (SSSR count). The second-order valence-corrected chi connectivity index (χ2v) is 17.6. The molecule has 71 heavy (non-hydrogen) atoms. The van der Waals surface area contributed by atoms with Crippen LogP contribution in [0.2, 0.25) is 0 Å². The predicted octanol–water partition coefficient (Wildman–Crippen LogP) is 5.76. The lowest BCUT2D eigenvalue weighted by atomic mass is 9.88. The van der Waals surface area contributed by atoms with Crippen LogP contribution < -0.4 is 54.5 Å². The number of aromatic nitrogens is 6. The van der Waals surface area contributed by atoms with Crippen LogP contribution in [0, 0.1) is 11.7 Å². The molecule has 0 atom stereocenters. The molecule has 0 unspecified atom stereocenters. The van der Waals surface area contributed by atoms with Gasteiger partial charge in [-0.1, -0.05) is 32.1 Å². The van der Waals surface area contributed by atoms with Gasteiger partial charge in [0.05, 0.1) is 30.0 Å². The first-order valence-electron chi connectivity index (χ1n) is 23.0. The van der Waals surface area contributed by atoms with Gasteiger partial charge in [-0.25, -0.2) is 14.4 Å². The van der Waals surface area contributed by atoms with Gasteiger partial charge in [-0.15, -0.1) is 0 Å². The number of nitrogens with two attached hydrogens (primary N) is 4. The van der Waals surface area contributed by atoms with Crippen LogP contribution in [0.5, 0.6) is 5.75 Å². The van der Waals surface area contributed by atoms with Crippen LogP contribution in [0.3, 0.4) is 0 Å². The number of fused-ring (bicyclic) bond motifs is 2. The van der Waals surface area contributed by atoms with Crippen molar-refractivity contribution in [2.24, 2.45) is 17.4 Å². The number of nitrogens with zero attached hydrogens (tertiary/aromatic N) is 7. The molecule has 2 aliphatic heterocycles. The molecule has 376 valence electrons. The Balaban J connectivity index is 0.000000219. The van der Waals surface area contributed by atoms with Crippen LogP contribution in [-0.4, -0.2) is 91.8 Å². The first-order valence-corrected chi connectivity index (χ1v) is 23.0. The molecule has 0 spiro atoms. The summed E-state index contributed by atoms with van der Waals surface area (Å²) in [6, 6.07) is 10.9. The normalized spacial score (nSPS) is 14.5. The number of pyridine rings is 2. The summed E-state index contributed by atoms with van der Waals surface area (Å²) in [7, 11) is 1.43. The van der Waals surface area contributed by atoms with E-state index in [2.05, 4.69) is 54.1 Å². The zero-order chi connectivity index (χ0) is 51.3. The van der Waals surface area contributed by atoms with Gasteiger partial charge in [0.2, 0.25) is 22.8 Å². The summed E-state index contributed by atoms with van der Waals surface area (Å²) in [5, 5.41) is 9.63. The highest BCUT2D eigenvalue weighted by atomic mass is 19.4. The summed E-state index contributed by atoms with van der Waals surface area (Å²) >= 11 is 0. The molecular formula is C48H56F4N14O5. The molecule has 0 aliphatic carbocycles. The van der Waals surface area contributed by atoms with Gasteiger partial charge in [-0.05, 0) is 92.6 Å². The molecule has 2 aliphatic rings. The molecule has 11 N–H and O–H groups in total. The van der Waals surface area contributed by atoms with E-state index in [4.69, 9.17) is 27.7 Å². The second-order valence-electron chi connectivity index (χ2n) is 17.6. The Morgan fingerprint density at radius 3 is 1.99 bits per heavy atom. The third-order valence-corrected chi connectivity index (χ3v) is 12.3. The number of rotatable bonds is 14. The van der Waals surface area contributed by atoms with Gasteiger partial charge in [0.15, 0.2) is 11.3 Å². The maximum absolute atomic E-state index is 15.3. The number of piperidine rings is 1. The summed E-state index contributed by atoms with van der Waals surface area (Å²) in [6.45, 7) is 9.11. The maximum Gasteiger partial charge on any atom is 0.390 e. The number of aryl methyl sites for hydroxylation is 1. The molecule has 6 aromatic rings. The molecule has 1 saturated heterocycles. The fourth-order valence-electron chi connectivity index (χ4n) is 8.75. The van der Waals surface area contributed by atoms with Crippen molar-refractivity contribution in [3.05, 3.63) is 103 Å². The van der Waals surface area contributed by atoms with E-state index in [1.807, 2.05) is 32.9 Å². The highest BCUT2D eigenvalue weighted by molar-refractivity contribution is 6.01. The summed E-state index contributed by atoms with van der Waals surface area (Å²) in [4.78, 5) is 68.2. The number of nitrogens with one attached hydrogen (secondary N) is 3. The Labute approximate surface area is 404 Å². The second kappa shape index (κ2) is 21.5. The highest BCUT2D eigenvalue weighted by Gasteiger charge is 2.31. The van der Waals surface area contributed by atoms with Gasteiger partial charge in [0.25, 0.3) is 11.8 Å². The molecule has 2 amide bonds. The molecule has 0 radical (unpaired) electrons. The quantitative estimate of drug-likeness (QED) is 0.0639. The van der Waals surface area contributed by atoms with Crippen molar-refractivity contribution in [2.45, 2.75) is 71.6 Å². The Morgan fingerprint density at radius 2 is 1.46 bits per heavy atom. The number of hydrogen-bond acceptors (Lipinski definition) is 15. The fourth-order valence-corrected chi connectivity index (χ4v) is 8.75. The molecule has 6 heterocycles. The first kappa shape index (κ1) is 51.2. The van der Waals surface area contributed by atoms with Crippen LogP contribution in [0.1, 0.15) is 84.2 Å². The monoisotopic (exact) mass is 984 g/mol. The average molecular weight is 985 g/mol. The standard InChI is InChI=1S/C27H33F4N7O3.C21H23N7O2/c1-14(2)13-38-23(32)21(24(33)40)22(39)17-12-34-26(36-25(17)38)35-19-11-18(28)16(10-20(19)41-3)15-4-7-37(8-5-15)9-6-27(29,30)31;1-2-28-18(22)16(19(23)30)17(29)15-11-25-21(27-20(15)28)26-14-5-3-12(4-6-14)13-7-9-24-10-8-13/h10-12,14-15H,4-9,13,32H2,1-3H3,(H2,33,40)(H,34,35,36);3-7,11,24H,2,8-10,22H2,1H3,(H2,23,30)(H,25,26,27). The van der Waals surface area contributed by atoms with Gasteiger partial charge in [-0.3, -0.25) is 19.2 Å². The molecular weight excluding hydrogens is 929 g/mol. The Kier molecular flexibility index (Phi) is 15.5. The van der Waals surface area contributed by atoms with Crippen molar-refractivity contribution in [1.29, 1.82) is 0 Å². The molecule has 2 aromatic carbocycles. The first-order chi connectivity index (χ1) is 33.8. The minimum Gasteiger partial charge on any atom is -0.495 e. The van der Waals surface area contributed by atoms with E-state index < -0.39 is 41.1 Å². The van der Waals surface area contributed by atoms with Crippen LogP contribution in [-0.2, 0) is 13.1 Å². The third-order valence-electron chi connectivity index (χ3n) is 12.3. The van der Waals surface area contributed by atoms with Crippen LogP contribution in [0.25, 0.3) is 27.6 Å². The Morgan fingerprint density at radius 1 is 0.887 bits per heavy atom. The largest absolute Gasteiger partial charge is 0.495 e. The van der Waals surface area contributed by atoms with E-state index in [1.165, 1.54) is 41.3 Å². The molecule has 23 heteroatoms. The predicted molar refractivity (Wildman–Crippen MR) is 264 cm³/mol. The van der Waals surface area contributed by atoms with Crippen molar-refractivity contribution >= 4 is 74.4 Å². The maximum atomic E-state index is 15.3. The van der Waals surface area contributed by atoms with E-state index in [1.54, 1.807) is 15.5 Å². The number of ether oxygens (including phenoxy) is 1. The smallest absolute Gasteiger partial charge is 0.390 e. The number of methoxy groups -OCH3 is 1. The van der Waals surface area contributed by atoms with Gasteiger partial charge in [0, 0.05) is 50.3 Å². The lowest BCUT2D eigenvalue weighted by Crippen LogP contribution is -2.35. The summed E-state index contributed by atoms with van der Waals surface area (Å²) in [5.74, 6) is -1.86. The number of likely N-dealkylation sites (tertiary alicyclic amines) is 1. The number of carbonyl (C=O) groups is 2. The van der Waals surface area contributed by atoms with Crippen LogP contribution in [0.15, 0.2) is 64.5 Å². The van der Waals surface area contributed by atoms with Crippen molar-refractivity contribution in [3.63, 3.8) is 0 Å². The number of hydrogen-bond donors (Lipinski definition) is 7. The molecule has 4 aromatic heterocycles. The Hall–Kier alpha value is -7.66. The summed E-state index contributed by atoms with van der Waals surface area (Å²) < 4.78 is 61.6. The van der Waals surface area contributed by atoms with Crippen LogP contribution in [0.4, 0.5) is 52.5 Å². The fraction of sp³-hybridized carbons (Fsp3) is 0.375. The molecule has 1 fully saturated rings. The number of nitrogen functional groups attached to an aromatic ring is 2. The minimum absolute atomic E-state index is 0.00625. The van der Waals surface area contributed by atoms with E-state index in [9.17, 15) is 32.3 Å². The zero-order valence-electron chi connectivity index (χ0n) is 39.6. The topological polar surface area (TPSA) is 282 Å². The van der Waals surface area contributed by atoms with Gasteiger partial charge >= 0.3 is 6.18 Å². The number of amides is 2. The molecule has 0 bridgehead atoms. The van der Waals surface area contributed by atoms with Crippen molar-refractivity contribution < 1.29 is 31.9 Å². The SMILES string of the molecule is CCn1c(N)c(C(N)=O)c(=O)c2cnc(Nc3ccc(C4=CCNCC4)cc3)nc21.COc1cc(C2CCN(CCC(F)(F)F)CC2)c(F)cc1Nc1ncc2c(=O)c(C(N)=O)c(N)n(CC(C)C)c2n1. The molecule has 0 saturated carbocycles. The minimum atomic E-state index is -4.21. The number of benzene rings is 2. The van der Waals surface area contributed by atoms with E-state index in [-0.39, 0.29) is 69.2 Å². The van der Waals surface area contributed by atoms with Gasteiger partial charge < -0.3 is 57.7 Å². The lowest BCUT2D eigenvalue weighted by Gasteiger charge is -2.32. The van der Waals surface area contributed by atoms with E-state index in [0.717, 1.165) is 25.2 Å². The van der Waals surface area contributed by atoms with Gasteiger partial charge in [0.1, 0.15) is 34.3 Å². The number of primary amides is 2. The van der Waals surface area contributed by atoms with Crippen LogP contribution >= 0.6 is 0 Å². The van der Waals surface area contributed by atoms with Crippen molar-refractivity contribution in [2.75, 3.05) is 61.9 Å². The van der Waals surface area contributed by atoms with Gasteiger partial charge in [-0.2, -0.15) is 23.1 Å². The number of anilines is 6. The Bertz CT molecular complexity index is 3130. The van der Waals surface area contributed by atoms with E-state index >= 15 is 4.39 Å². The molecule has 19 nitrogen and oxygen atoms in total. The average Bonchev–Trinajstić information content (AvgIpc) is 3.33. The number of alkyl halides is 3. The number of halogens is 4. The number of carbonyl (C=O) groups excluding carboxylic acids is 2. The lowest BCUT2D eigenvalue weighted by molar-refractivity contribution is -0.138. The van der Waals surface area contributed by atoms with Crippen molar-refractivity contribution in [3.8, 4) is 5.75 Å². The van der Waals surface area contributed by atoms with E-state index in [0.29, 0.717) is 61.9 Å². The summed E-state index contributed by atoms with van der Waals surface area (Å²) in [5.41, 5.74) is 25.6. The van der Waals surface area contributed by atoms with Crippen molar-refractivity contribution in [1.82, 2.24) is 39.3 Å².